The molecule has 0 aromatic carbocycles. The standard InChI is InChI=1S/C15H17NO3S/c17-13(18)5-4-10-6-7-20-14(10)15(19)16-8-11-2-1-3-12(11)9-16/h4-7,11-12H,1-3,8-9H2,(H,17,18)/b5-4+. The maximum Gasteiger partial charge on any atom is 0.328 e. The molecule has 1 amide bonds. The molecular weight excluding hydrogens is 274 g/mol. The second kappa shape index (κ2) is 5.40. The molecule has 2 aliphatic rings. The third kappa shape index (κ3) is 2.50. The number of carboxylic acids is 1. The number of carbonyl (C=O) groups is 2. The van der Waals surface area contributed by atoms with Gasteiger partial charge in [-0.15, -0.1) is 11.3 Å². The van der Waals surface area contributed by atoms with Gasteiger partial charge in [-0.05, 0) is 47.8 Å². The summed E-state index contributed by atoms with van der Waals surface area (Å²) in [7, 11) is 0. The molecule has 2 heterocycles. The molecule has 20 heavy (non-hydrogen) atoms. The lowest BCUT2D eigenvalue weighted by Crippen LogP contribution is -2.29. The lowest BCUT2D eigenvalue weighted by Gasteiger charge is -2.16. The molecule has 2 atom stereocenters. The first-order valence-electron chi connectivity index (χ1n) is 6.93. The van der Waals surface area contributed by atoms with Crippen LogP contribution < -0.4 is 0 Å². The van der Waals surface area contributed by atoms with Crippen LogP contribution in [0.15, 0.2) is 17.5 Å². The van der Waals surface area contributed by atoms with Gasteiger partial charge in [0.1, 0.15) is 0 Å². The Morgan fingerprint density at radius 2 is 2.00 bits per heavy atom. The van der Waals surface area contributed by atoms with Crippen molar-refractivity contribution in [2.24, 2.45) is 11.8 Å². The number of carboxylic acid groups (broad SMARTS) is 1. The second-order valence-electron chi connectivity index (χ2n) is 5.54. The summed E-state index contributed by atoms with van der Waals surface area (Å²) in [6.45, 7) is 1.73. The van der Waals surface area contributed by atoms with Crippen LogP contribution in [-0.4, -0.2) is 35.0 Å². The monoisotopic (exact) mass is 291 g/mol. The molecule has 1 saturated heterocycles. The smallest absolute Gasteiger partial charge is 0.328 e. The van der Waals surface area contributed by atoms with Crippen LogP contribution in [0.25, 0.3) is 6.08 Å². The van der Waals surface area contributed by atoms with E-state index in [1.807, 2.05) is 10.3 Å². The fraction of sp³-hybridized carbons (Fsp3) is 0.467. The number of aliphatic carboxylic acids is 1. The Morgan fingerprint density at radius 3 is 2.65 bits per heavy atom. The third-order valence-electron chi connectivity index (χ3n) is 4.31. The number of rotatable bonds is 3. The van der Waals surface area contributed by atoms with Gasteiger partial charge < -0.3 is 10.0 Å². The van der Waals surface area contributed by atoms with Gasteiger partial charge in [-0.25, -0.2) is 4.79 Å². The molecule has 2 fully saturated rings. The van der Waals surface area contributed by atoms with Crippen molar-refractivity contribution >= 4 is 29.3 Å². The summed E-state index contributed by atoms with van der Waals surface area (Å²) >= 11 is 1.39. The van der Waals surface area contributed by atoms with Crippen LogP contribution in [0.2, 0.25) is 0 Å². The summed E-state index contributed by atoms with van der Waals surface area (Å²) < 4.78 is 0. The Balaban J connectivity index is 1.75. The van der Waals surface area contributed by atoms with Gasteiger partial charge in [-0.3, -0.25) is 4.79 Å². The highest BCUT2D eigenvalue weighted by Gasteiger charge is 2.38. The predicted molar refractivity (Wildman–Crippen MR) is 77.7 cm³/mol. The van der Waals surface area contributed by atoms with Crippen molar-refractivity contribution in [3.63, 3.8) is 0 Å². The molecule has 0 spiro atoms. The first kappa shape index (κ1) is 13.4. The van der Waals surface area contributed by atoms with Crippen LogP contribution in [0, 0.1) is 11.8 Å². The first-order chi connectivity index (χ1) is 9.65. The van der Waals surface area contributed by atoms with Crippen LogP contribution in [0.1, 0.15) is 34.5 Å². The number of hydrogen-bond acceptors (Lipinski definition) is 3. The number of carbonyl (C=O) groups excluding carboxylic acids is 1. The molecular formula is C15H17NO3S. The van der Waals surface area contributed by atoms with Crippen molar-refractivity contribution in [1.82, 2.24) is 4.90 Å². The quantitative estimate of drug-likeness (QED) is 0.871. The van der Waals surface area contributed by atoms with Crippen LogP contribution in [0.3, 0.4) is 0 Å². The van der Waals surface area contributed by atoms with Crippen molar-refractivity contribution in [2.75, 3.05) is 13.1 Å². The minimum atomic E-state index is -0.995. The lowest BCUT2D eigenvalue weighted by molar-refractivity contribution is -0.131. The minimum Gasteiger partial charge on any atom is -0.478 e. The van der Waals surface area contributed by atoms with E-state index in [1.165, 1.54) is 36.7 Å². The van der Waals surface area contributed by atoms with E-state index in [1.54, 1.807) is 6.07 Å². The summed E-state index contributed by atoms with van der Waals surface area (Å²) in [5.41, 5.74) is 0.708. The zero-order chi connectivity index (χ0) is 14.1. The molecule has 2 unspecified atom stereocenters. The van der Waals surface area contributed by atoms with Crippen LogP contribution in [0.4, 0.5) is 0 Å². The molecule has 106 valence electrons. The van der Waals surface area contributed by atoms with Crippen molar-refractivity contribution in [1.29, 1.82) is 0 Å². The van der Waals surface area contributed by atoms with Crippen LogP contribution >= 0.6 is 11.3 Å². The van der Waals surface area contributed by atoms with E-state index in [4.69, 9.17) is 5.11 Å². The average molecular weight is 291 g/mol. The topological polar surface area (TPSA) is 57.6 Å². The summed E-state index contributed by atoms with van der Waals surface area (Å²) in [4.78, 5) is 25.7. The Morgan fingerprint density at radius 1 is 1.30 bits per heavy atom. The molecule has 5 heteroatoms. The number of thiophene rings is 1. The van der Waals surface area contributed by atoms with Gasteiger partial charge in [0.05, 0.1) is 4.88 Å². The normalized spacial score (nSPS) is 25.3. The van der Waals surface area contributed by atoms with E-state index in [2.05, 4.69) is 0 Å². The largest absolute Gasteiger partial charge is 0.478 e. The van der Waals surface area contributed by atoms with Gasteiger partial charge in [0.25, 0.3) is 5.91 Å². The molecule has 3 rings (SSSR count). The van der Waals surface area contributed by atoms with Crippen LogP contribution in [0.5, 0.6) is 0 Å². The predicted octanol–water partition coefficient (Wildman–Crippen LogP) is 2.72. The fourth-order valence-corrected chi connectivity index (χ4v) is 4.18. The lowest BCUT2D eigenvalue weighted by atomic mass is 10.0. The molecule has 1 aromatic heterocycles. The molecule has 1 aromatic rings. The Kier molecular flexibility index (Phi) is 3.61. The number of likely N-dealkylation sites (tertiary alicyclic amines) is 1. The number of amides is 1. The number of nitrogens with zero attached hydrogens (tertiary/aromatic N) is 1. The van der Waals surface area contributed by atoms with E-state index in [9.17, 15) is 9.59 Å². The van der Waals surface area contributed by atoms with E-state index in [-0.39, 0.29) is 5.91 Å². The zero-order valence-electron chi connectivity index (χ0n) is 11.1. The Hall–Kier alpha value is -1.62. The number of fused-ring (bicyclic) bond motifs is 1. The van der Waals surface area contributed by atoms with E-state index < -0.39 is 5.97 Å². The number of hydrogen-bond donors (Lipinski definition) is 1. The molecule has 1 aliphatic carbocycles. The SMILES string of the molecule is O=C(O)/C=C/c1ccsc1C(=O)N1CC2CCCC2C1. The first-order valence-corrected chi connectivity index (χ1v) is 7.81. The maximum atomic E-state index is 12.6. The van der Waals surface area contributed by atoms with Gasteiger partial charge in [0, 0.05) is 19.2 Å². The Bertz CT molecular complexity index is 551. The summed E-state index contributed by atoms with van der Waals surface area (Å²) in [5, 5.41) is 10.5. The van der Waals surface area contributed by atoms with E-state index in [0.717, 1.165) is 19.2 Å². The molecule has 4 nitrogen and oxygen atoms in total. The van der Waals surface area contributed by atoms with Crippen molar-refractivity contribution in [3.05, 3.63) is 28.0 Å². The van der Waals surface area contributed by atoms with Gasteiger partial charge >= 0.3 is 5.97 Å². The Labute approximate surface area is 121 Å². The second-order valence-corrected chi connectivity index (χ2v) is 6.45. The molecule has 0 radical (unpaired) electrons. The molecule has 1 N–H and O–H groups in total. The van der Waals surface area contributed by atoms with Gasteiger partial charge in [0.2, 0.25) is 0 Å². The minimum absolute atomic E-state index is 0.0550. The van der Waals surface area contributed by atoms with Crippen molar-refractivity contribution in [3.8, 4) is 0 Å². The molecule has 1 saturated carbocycles. The fourth-order valence-electron chi connectivity index (χ4n) is 3.33. The van der Waals surface area contributed by atoms with Crippen LogP contribution in [-0.2, 0) is 4.79 Å². The maximum absolute atomic E-state index is 12.6. The van der Waals surface area contributed by atoms with E-state index in [0.29, 0.717) is 22.3 Å². The summed E-state index contributed by atoms with van der Waals surface area (Å²) in [6, 6.07) is 1.80. The van der Waals surface area contributed by atoms with Gasteiger partial charge in [-0.2, -0.15) is 0 Å². The summed E-state index contributed by atoms with van der Waals surface area (Å²) in [6.07, 6.45) is 6.36. The van der Waals surface area contributed by atoms with Crippen molar-refractivity contribution < 1.29 is 14.7 Å². The van der Waals surface area contributed by atoms with Gasteiger partial charge in [0.15, 0.2) is 0 Å². The summed E-state index contributed by atoms with van der Waals surface area (Å²) in [5.74, 6) is 0.415. The highest BCUT2D eigenvalue weighted by atomic mass is 32.1. The zero-order valence-corrected chi connectivity index (χ0v) is 11.9. The molecule has 0 bridgehead atoms. The van der Waals surface area contributed by atoms with Gasteiger partial charge in [-0.1, -0.05) is 6.42 Å². The average Bonchev–Trinajstić information content (AvgIpc) is 3.10. The highest BCUT2D eigenvalue weighted by molar-refractivity contribution is 7.12. The van der Waals surface area contributed by atoms with E-state index >= 15 is 0 Å². The molecule has 1 aliphatic heterocycles. The van der Waals surface area contributed by atoms with Crippen molar-refractivity contribution in [2.45, 2.75) is 19.3 Å². The highest BCUT2D eigenvalue weighted by Crippen LogP contribution is 2.38. The third-order valence-corrected chi connectivity index (χ3v) is 5.23.